The summed E-state index contributed by atoms with van der Waals surface area (Å²) < 4.78 is 27.5. The van der Waals surface area contributed by atoms with Gasteiger partial charge in [0.1, 0.15) is 4.90 Å². The molecule has 0 spiro atoms. The van der Waals surface area contributed by atoms with E-state index >= 15 is 0 Å². The summed E-state index contributed by atoms with van der Waals surface area (Å²) in [6, 6.07) is 4.97. The molecule has 4 N–H and O–H groups in total. The van der Waals surface area contributed by atoms with Crippen molar-refractivity contribution in [3.05, 3.63) is 39.2 Å². The molecule has 0 aliphatic carbocycles. The van der Waals surface area contributed by atoms with Crippen molar-refractivity contribution >= 4 is 55.9 Å². The van der Waals surface area contributed by atoms with E-state index in [2.05, 4.69) is 42.7 Å². The number of nitrogen functional groups attached to an aromatic ring is 1. The number of nitrogens with zero attached hydrogens (tertiary/aromatic N) is 2. The number of hydrogen-bond acceptors (Lipinski definition) is 6. The van der Waals surface area contributed by atoms with Crippen LogP contribution in [0.3, 0.4) is 0 Å². The molecule has 0 bridgehead atoms. The molecule has 7 nitrogen and oxygen atoms in total. The van der Waals surface area contributed by atoms with E-state index in [0.717, 1.165) is 16.0 Å². The molecule has 2 aromatic rings. The van der Waals surface area contributed by atoms with Crippen molar-refractivity contribution in [2.24, 2.45) is 5.84 Å². The van der Waals surface area contributed by atoms with E-state index in [1.165, 1.54) is 0 Å². The molecule has 0 atom stereocenters. The second-order valence-electron chi connectivity index (χ2n) is 3.62. The van der Waals surface area contributed by atoms with Gasteiger partial charge in [0, 0.05) is 3.57 Å². The lowest BCUT2D eigenvalue weighted by Crippen LogP contribution is -2.15. The summed E-state index contributed by atoms with van der Waals surface area (Å²) in [6.45, 7) is 0. The summed E-state index contributed by atoms with van der Waals surface area (Å²) >= 11 is 8.06. The third-order valence-corrected chi connectivity index (χ3v) is 4.55. The van der Waals surface area contributed by atoms with Crippen LogP contribution >= 0.6 is 34.2 Å². The second-order valence-corrected chi connectivity index (χ2v) is 6.95. The Balaban J connectivity index is 2.30. The molecule has 106 valence electrons. The average molecular weight is 426 g/mol. The Bertz CT molecular complexity index is 723. The number of halogens is 2. The van der Waals surface area contributed by atoms with E-state index in [1.807, 2.05) is 0 Å². The molecule has 10 heteroatoms. The molecule has 0 saturated heterocycles. The molecule has 0 aliphatic heterocycles. The summed E-state index contributed by atoms with van der Waals surface area (Å²) in [5.74, 6) is 5.23. The van der Waals surface area contributed by atoms with E-state index in [4.69, 9.17) is 17.4 Å². The Kier molecular flexibility index (Phi) is 4.62. The minimum absolute atomic E-state index is 0.0916. The zero-order valence-electron chi connectivity index (χ0n) is 9.84. The molecule has 20 heavy (non-hydrogen) atoms. The highest BCUT2D eigenvalue weighted by Crippen LogP contribution is 2.26. The predicted molar refractivity (Wildman–Crippen MR) is 84.8 cm³/mol. The molecule has 1 aromatic heterocycles. The third kappa shape index (κ3) is 3.48. The van der Waals surface area contributed by atoms with E-state index in [9.17, 15) is 8.42 Å². The van der Waals surface area contributed by atoms with Crippen molar-refractivity contribution in [3.63, 3.8) is 0 Å². The van der Waals surface area contributed by atoms with Gasteiger partial charge in [-0.05, 0) is 40.8 Å². The van der Waals surface area contributed by atoms with Crippen LogP contribution in [0.5, 0.6) is 0 Å². The fourth-order valence-corrected chi connectivity index (χ4v) is 3.23. The number of anilines is 2. The van der Waals surface area contributed by atoms with Crippen LogP contribution in [0, 0.1) is 3.57 Å². The van der Waals surface area contributed by atoms with Gasteiger partial charge in [0.15, 0.2) is 0 Å². The Labute approximate surface area is 134 Å². The summed E-state index contributed by atoms with van der Waals surface area (Å²) in [7, 11) is -3.80. The lowest BCUT2D eigenvalue weighted by atomic mass is 10.3. The number of rotatable bonds is 4. The largest absolute Gasteiger partial charge is 0.292 e. The summed E-state index contributed by atoms with van der Waals surface area (Å²) in [5, 5.41) is 0.307. The first-order valence-corrected chi connectivity index (χ1v) is 8.13. The standard InChI is InChI=1S/C10H9ClIN5O2S/c11-8-3-6(12)1-2-9(8)17-20(18,19)7-4-14-10(16-13)15-5-7/h1-5,17H,13H2,(H,14,15,16). The van der Waals surface area contributed by atoms with E-state index in [1.54, 1.807) is 18.2 Å². The predicted octanol–water partition coefficient (Wildman–Crippen LogP) is 1.82. The van der Waals surface area contributed by atoms with Gasteiger partial charge < -0.3 is 0 Å². The highest BCUT2D eigenvalue weighted by Gasteiger charge is 2.17. The van der Waals surface area contributed by atoms with Gasteiger partial charge in [0.25, 0.3) is 10.0 Å². The Morgan fingerprint density at radius 3 is 2.45 bits per heavy atom. The van der Waals surface area contributed by atoms with E-state index < -0.39 is 10.0 Å². The minimum Gasteiger partial charge on any atom is -0.292 e. The maximum Gasteiger partial charge on any atom is 0.265 e. The lowest BCUT2D eigenvalue weighted by molar-refractivity contribution is 0.600. The van der Waals surface area contributed by atoms with Crippen molar-refractivity contribution in [1.29, 1.82) is 0 Å². The SMILES string of the molecule is NNc1ncc(S(=O)(=O)Nc2ccc(I)cc2Cl)cn1. The van der Waals surface area contributed by atoms with Crippen LogP contribution in [-0.4, -0.2) is 18.4 Å². The fourth-order valence-electron chi connectivity index (χ4n) is 1.31. The quantitative estimate of drug-likeness (QED) is 0.392. The zero-order chi connectivity index (χ0) is 14.8. The van der Waals surface area contributed by atoms with Crippen molar-refractivity contribution in [1.82, 2.24) is 9.97 Å². The lowest BCUT2D eigenvalue weighted by Gasteiger charge is -2.09. The third-order valence-electron chi connectivity index (χ3n) is 2.24. The normalized spacial score (nSPS) is 11.2. The summed E-state index contributed by atoms with van der Waals surface area (Å²) in [4.78, 5) is 7.39. The Morgan fingerprint density at radius 1 is 1.25 bits per heavy atom. The smallest absolute Gasteiger partial charge is 0.265 e. The van der Waals surface area contributed by atoms with Gasteiger partial charge in [0.05, 0.1) is 23.1 Å². The monoisotopic (exact) mass is 425 g/mol. The summed E-state index contributed by atoms with van der Waals surface area (Å²) in [5.41, 5.74) is 2.50. The Hall–Kier alpha value is -1.17. The summed E-state index contributed by atoms with van der Waals surface area (Å²) in [6.07, 6.45) is 2.29. The molecule has 0 radical (unpaired) electrons. The van der Waals surface area contributed by atoms with Gasteiger partial charge in [-0.1, -0.05) is 11.6 Å². The number of sulfonamides is 1. The second kappa shape index (κ2) is 6.08. The van der Waals surface area contributed by atoms with Crippen LogP contribution in [-0.2, 0) is 10.0 Å². The number of hydrogen-bond donors (Lipinski definition) is 3. The van der Waals surface area contributed by atoms with E-state index in [-0.39, 0.29) is 16.5 Å². The van der Waals surface area contributed by atoms with Crippen LogP contribution in [0.25, 0.3) is 0 Å². The maximum absolute atomic E-state index is 12.1. The van der Waals surface area contributed by atoms with Gasteiger partial charge in [-0.3, -0.25) is 10.1 Å². The molecule has 1 aromatic carbocycles. The molecular formula is C10H9ClIN5O2S. The van der Waals surface area contributed by atoms with Crippen molar-refractivity contribution in [2.75, 3.05) is 10.1 Å². The fraction of sp³-hybridized carbons (Fsp3) is 0. The number of nitrogens with one attached hydrogen (secondary N) is 2. The molecule has 0 unspecified atom stereocenters. The zero-order valence-corrected chi connectivity index (χ0v) is 13.6. The first-order valence-electron chi connectivity index (χ1n) is 5.19. The Morgan fingerprint density at radius 2 is 1.90 bits per heavy atom. The maximum atomic E-state index is 12.1. The van der Waals surface area contributed by atoms with E-state index in [0.29, 0.717) is 5.02 Å². The number of benzene rings is 1. The highest BCUT2D eigenvalue weighted by molar-refractivity contribution is 14.1. The van der Waals surface area contributed by atoms with Crippen molar-refractivity contribution in [3.8, 4) is 0 Å². The molecule has 1 heterocycles. The van der Waals surface area contributed by atoms with Crippen LogP contribution < -0.4 is 16.0 Å². The highest BCUT2D eigenvalue weighted by atomic mass is 127. The van der Waals surface area contributed by atoms with Gasteiger partial charge >= 0.3 is 0 Å². The number of hydrazine groups is 1. The average Bonchev–Trinajstić information content (AvgIpc) is 2.42. The van der Waals surface area contributed by atoms with Crippen molar-refractivity contribution in [2.45, 2.75) is 4.90 Å². The number of aromatic nitrogens is 2. The van der Waals surface area contributed by atoms with Crippen molar-refractivity contribution < 1.29 is 8.42 Å². The van der Waals surface area contributed by atoms with Crippen LogP contribution in [0.15, 0.2) is 35.5 Å². The van der Waals surface area contributed by atoms with Crippen LogP contribution in [0.2, 0.25) is 5.02 Å². The first kappa shape index (κ1) is 15.2. The molecule has 0 aliphatic rings. The number of nitrogens with two attached hydrogens (primary N) is 1. The van der Waals surface area contributed by atoms with Gasteiger partial charge in [-0.15, -0.1) is 0 Å². The molecule has 0 amide bonds. The topological polar surface area (TPSA) is 110 Å². The van der Waals surface area contributed by atoms with Gasteiger partial charge in [-0.2, -0.15) is 0 Å². The van der Waals surface area contributed by atoms with Crippen LogP contribution in [0.4, 0.5) is 11.6 Å². The molecule has 0 saturated carbocycles. The van der Waals surface area contributed by atoms with Gasteiger partial charge in [-0.25, -0.2) is 24.2 Å². The van der Waals surface area contributed by atoms with Crippen LogP contribution in [0.1, 0.15) is 0 Å². The molecule has 2 rings (SSSR count). The minimum atomic E-state index is -3.80. The molecule has 0 fully saturated rings. The molecular weight excluding hydrogens is 417 g/mol. The first-order chi connectivity index (χ1) is 9.42. The van der Waals surface area contributed by atoms with Gasteiger partial charge in [0.2, 0.25) is 5.95 Å².